The van der Waals surface area contributed by atoms with Crippen molar-refractivity contribution in [2.45, 2.75) is 73.6 Å². The number of amidine groups is 2. The van der Waals surface area contributed by atoms with Gasteiger partial charge in [-0.3, -0.25) is 10.1 Å². The van der Waals surface area contributed by atoms with Gasteiger partial charge in [-0.2, -0.15) is 0 Å². The molecule has 41 heavy (non-hydrogen) atoms. The van der Waals surface area contributed by atoms with E-state index in [4.69, 9.17) is 9.98 Å². The third-order valence-electron chi connectivity index (χ3n) is 7.76. The highest BCUT2D eigenvalue weighted by atomic mass is 16.6. The number of para-hydroxylation sites is 1. The highest BCUT2D eigenvalue weighted by molar-refractivity contribution is 6.01. The molecule has 0 bridgehead atoms. The Kier molecular flexibility index (Phi) is 9.26. The van der Waals surface area contributed by atoms with E-state index in [9.17, 15) is 10.1 Å². The molecule has 0 amide bonds. The lowest BCUT2D eigenvalue weighted by Gasteiger charge is -2.38. The minimum Gasteiger partial charge on any atom is -0.342 e. The van der Waals surface area contributed by atoms with E-state index in [1.54, 1.807) is 12.1 Å². The Morgan fingerprint density at radius 1 is 0.829 bits per heavy atom. The Morgan fingerprint density at radius 2 is 1.39 bits per heavy atom. The van der Waals surface area contributed by atoms with Gasteiger partial charge in [-0.25, -0.2) is 9.98 Å². The van der Waals surface area contributed by atoms with Crippen LogP contribution in [0, 0.1) is 30.9 Å². The van der Waals surface area contributed by atoms with Gasteiger partial charge in [0.15, 0.2) is 0 Å². The van der Waals surface area contributed by atoms with Crippen LogP contribution in [0.5, 0.6) is 0 Å². The molecule has 1 aliphatic rings. The Morgan fingerprint density at radius 3 is 1.93 bits per heavy atom. The summed E-state index contributed by atoms with van der Waals surface area (Å²) in [7, 11) is 0. The Hall–Kier alpha value is -4.00. The molecular weight excluding hydrogens is 510 g/mol. The fourth-order valence-electron chi connectivity index (χ4n) is 5.62. The monoisotopic (exact) mass is 553 g/mol. The SMILES string of the molecule is CC(=Nc1c(C(C)C)cccc1C(C)C)N1CCCN(C(=Nc2c(C)cc(C)cc2C)c2ccc([N+](=O)[O-])cc2)C1. The zero-order valence-corrected chi connectivity index (χ0v) is 25.7. The molecule has 0 spiro atoms. The molecule has 1 saturated heterocycles. The van der Waals surface area contributed by atoms with Crippen LogP contribution in [0.25, 0.3) is 0 Å². The van der Waals surface area contributed by atoms with Crippen LogP contribution in [0.3, 0.4) is 0 Å². The van der Waals surface area contributed by atoms with Gasteiger partial charge in [0.05, 0.1) is 23.0 Å². The van der Waals surface area contributed by atoms with Crippen molar-refractivity contribution in [3.05, 3.63) is 98.1 Å². The maximum atomic E-state index is 11.3. The van der Waals surface area contributed by atoms with Crippen molar-refractivity contribution < 1.29 is 4.92 Å². The first kappa shape index (κ1) is 30.0. The number of nitro groups is 1. The average molecular weight is 554 g/mol. The third kappa shape index (κ3) is 6.84. The number of non-ortho nitro benzene ring substituents is 1. The van der Waals surface area contributed by atoms with E-state index in [0.717, 1.165) is 59.2 Å². The Bertz CT molecular complexity index is 1420. The molecule has 0 saturated carbocycles. The molecular formula is C34H43N5O2. The Labute approximate surface area is 244 Å². The second-order valence-corrected chi connectivity index (χ2v) is 11.8. The number of rotatable bonds is 6. The quantitative estimate of drug-likeness (QED) is 0.133. The molecule has 4 rings (SSSR count). The normalized spacial score (nSPS) is 14.8. The van der Waals surface area contributed by atoms with E-state index < -0.39 is 0 Å². The fraction of sp³-hybridized carbons (Fsp3) is 0.412. The number of hydrogen-bond acceptors (Lipinski definition) is 4. The summed E-state index contributed by atoms with van der Waals surface area (Å²) < 4.78 is 0. The highest BCUT2D eigenvalue weighted by Crippen LogP contribution is 2.35. The topological polar surface area (TPSA) is 74.3 Å². The lowest BCUT2D eigenvalue weighted by molar-refractivity contribution is -0.384. The summed E-state index contributed by atoms with van der Waals surface area (Å²) in [5, 5.41) is 11.3. The van der Waals surface area contributed by atoms with E-state index in [-0.39, 0.29) is 10.6 Å². The smallest absolute Gasteiger partial charge is 0.269 e. The van der Waals surface area contributed by atoms with Crippen LogP contribution in [-0.2, 0) is 0 Å². The van der Waals surface area contributed by atoms with Crippen molar-refractivity contribution in [3.8, 4) is 0 Å². The number of nitro benzene ring substituents is 1. The first-order valence-corrected chi connectivity index (χ1v) is 14.6. The molecule has 7 heteroatoms. The van der Waals surface area contributed by atoms with E-state index in [2.05, 4.69) is 95.5 Å². The molecule has 3 aromatic rings. The van der Waals surface area contributed by atoms with Crippen molar-refractivity contribution in [2.75, 3.05) is 19.8 Å². The van der Waals surface area contributed by atoms with Gasteiger partial charge < -0.3 is 9.80 Å². The maximum Gasteiger partial charge on any atom is 0.269 e. The number of nitrogens with zero attached hydrogens (tertiary/aromatic N) is 5. The van der Waals surface area contributed by atoms with Crippen molar-refractivity contribution in [1.29, 1.82) is 0 Å². The van der Waals surface area contributed by atoms with E-state index in [0.29, 0.717) is 18.5 Å². The van der Waals surface area contributed by atoms with Crippen LogP contribution in [0.15, 0.2) is 64.6 Å². The lowest BCUT2D eigenvalue weighted by atomic mass is 9.93. The van der Waals surface area contributed by atoms with Gasteiger partial charge in [0.2, 0.25) is 0 Å². The molecule has 0 radical (unpaired) electrons. The molecule has 3 aromatic carbocycles. The van der Waals surface area contributed by atoms with Crippen LogP contribution in [0.2, 0.25) is 0 Å². The summed E-state index contributed by atoms with van der Waals surface area (Å²) in [6.07, 6.45) is 0.952. The second-order valence-electron chi connectivity index (χ2n) is 11.8. The van der Waals surface area contributed by atoms with Gasteiger partial charge in [0.25, 0.3) is 5.69 Å². The predicted octanol–water partition coefficient (Wildman–Crippen LogP) is 8.56. The number of benzene rings is 3. The standard InChI is InChI=1S/C34H43N5O2/c1-22(2)30-11-9-12-31(23(3)4)33(30)35-27(8)37-17-10-18-38(21-37)34(28-13-15-29(16-14-28)39(40)41)36-32-25(6)19-24(5)20-26(32)7/h9,11-16,19-20,22-23H,10,17-18,21H2,1-8H3. The number of aliphatic imine (C=N–C) groups is 2. The van der Waals surface area contributed by atoms with Crippen molar-refractivity contribution >= 4 is 28.7 Å². The Balaban J connectivity index is 1.75. The third-order valence-corrected chi connectivity index (χ3v) is 7.76. The molecule has 0 atom stereocenters. The summed E-state index contributed by atoms with van der Waals surface area (Å²) in [5.74, 6) is 2.55. The van der Waals surface area contributed by atoms with Gasteiger partial charge in [-0.15, -0.1) is 0 Å². The molecule has 1 aliphatic heterocycles. The zero-order valence-electron chi connectivity index (χ0n) is 25.7. The van der Waals surface area contributed by atoms with Gasteiger partial charge in [-0.05, 0) is 80.3 Å². The summed E-state index contributed by atoms with van der Waals surface area (Å²) in [5.41, 5.74) is 8.92. The minimum absolute atomic E-state index is 0.0730. The van der Waals surface area contributed by atoms with Crippen molar-refractivity contribution in [1.82, 2.24) is 9.80 Å². The van der Waals surface area contributed by atoms with Gasteiger partial charge in [0.1, 0.15) is 11.7 Å². The highest BCUT2D eigenvalue weighted by Gasteiger charge is 2.24. The second kappa shape index (κ2) is 12.7. The van der Waals surface area contributed by atoms with Gasteiger partial charge >= 0.3 is 0 Å². The van der Waals surface area contributed by atoms with Crippen LogP contribution in [0.1, 0.15) is 86.3 Å². The van der Waals surface area contributed by atoms with E-state index in [1.807, 2.05) is 12.1 Å². The van der Waals surface area contributed by atoms with E-state index >= 15 is 0 Å². The minimum atomic E-state index is -0.363. The molecule has 216 valence electrons. The molecule has 1 fully saturated rings. The van der Waals surface area contributed by atoms with Crippen molar-refractivity contribution in [2.24, 2.45) is 9.98 Å². The first-order valence-electron chi connectivity index (χ1n) is 14.6. The number of aryl methyl sites for hydroxylation is 3. The first-order chi connectivity index (χ1) is 19.5. The molecule has 7 nitrogen and oxygen atoms in total. The van der Waals surface area contributed by atoms with Crippen LogP contribution in [0.4, 0.5) is 17.1 Å². The lowest BCUT2D eigenvalue weighted by Crippen LogP contribution is -2.49. The van der Waals surface area contributed by atoms with Gasteiger partial charge in [-0.1, -0.05) is 63.6 Å². The summed E-state index contributed by atoms with van der Waals surface area (Å²) in [4.78, 5) is 26.0. The van der Waals surface area contributed by atoms with Crippen molar-refractivity contribution in [3.63, 3.8) is 0 Å². The summed E-state index contributed by atoms with van der Waals surface area (Å²) in [6.45, 7) is 19.6. The maximum absolute atomic E-state index is 11.3. The summed E-state index contributed by atoms with van der Waals surface area (Å²) >= 11 is 0. The van der Waals surface area contributed by atoms with Crippen LogP contribution < -0.4 is 0 Å². The van der Waals surface area contributed by atoms with Crippen LogP contribution in [-0.4, -0.2) is 46.2 Å². The molecule has 0 unspecified atom stereocenters. The average Bonchev–Trinajstić information content (AvgIpc) is 2.92. The molecule has 1 heterocycles. The molecule has 0 aromatic heterocycles. The fourth-order valence-corrected chi connectivity index (χ4v) is 5.62. The summed E-state index contributed by atoms with van der Waals surface area (Å²) in [6, 6.07) is 17.6. The van der Waals surface area contributed by atoms with Crippen LogP contribution >= 0.6 is 0 Å². The largest absolute Gasteiger partial charge is 0.342 e. The molecule has 0 N–H and O–H groups in total. The number of hydrogen-bond donors (Lipinski definition) is 0. The van der Waals surface area contributed by atoms with E-state index in [1.165, 1.54) is 16.7 Å². The molecule has 0 aliphatic carbocycles. The van der Waals surface area contributed by atoms with Gasteiger partial charge in [0, 0.05) is 30.8 Å². The zero-order chi connectivity index (χ0) is 29.8. The predicted molar refractivity (Wildman–Crippen MR) is 170 cm³/mol.